The van der Waals surface area contributed by atoms with Crippen molar-refractivity contribution in [1.29, 1.82) is 0 Å². The molecule has 5 rings (SSSR count). The summed E-state index contributed by atoms with van der Waals surface area (Å²) >= 11 is 0. The Morgan fingerprint density at radius 3 is 2.06 bits per heavy atom. The predicted octanol–water partition coefficient (Wildman–Crippen LogP) is 3.73. The number of nitrogens with zero attached hydrogens (tertiary/aromatic N) is 3. The fourth-order valence-corrected chi connectivity index (χ4v) is 5.18. The summed E-state index contributed by atoms with van der Waals surface area (Å²) in [4.78, 5) is 29.4. The van der Waals surface area contributed by atoms with Crippen LogP contribution >= 0.6 is 0 Å². The lowest BCUT2D eigenvalue weighted by molar-refractivity contribution is 0.233. The molecule has 2 heterocycles. The maximum Gasteiger partial charge on any atom is 0.331 e. The fourth-order valence-electron chi connectivity index (χ4n) is 5.18. The monoisotopic (exact) mass is 415 g/mol. The van der Waals surface area contributed by atoms with Gasteiger partial charge in [-0.2, -0.15) is 0 Å². The molecule has 31 heavy (non-hydrogen) atoms. The highest BCUT2D eigenvalue weighted by atomic mass is 16.2. The molecule has 0 spiro atoms. The zero-order chi connectivity index (χ0) is 21.2. The van der Waals surface area contributed by atoms with E-state index in [-0.39, 0.29) is 17.3 Å². The number of hydrogen-bond donors (Lipinski definition) is 0. The van der Waals surface area contributed by atoms with Crippen LogP contribution < -0.4 is 11.2 Å². The lowest BCUT2D eigenvalue weighted by Crippen LogP contribution is -2.48. The van der Waals surface area contributed by atoms with Crippen molar-refractivity contribution in [2.24, 2.45) is 0 Å². The first-order chi connectivity index (χ1) is 15.2. The average molecular weight is 416 g/mol. The van der Waals surface area contributed by atoms with Crippen LogP contribution in [0.5, 0.6) is 0 Å². The van der Waals surface area contributed by atoms with Gasteiger partial charge in [-0.1, -0.05) is 73.5 Å². The second kappa shape index (κ2) is 8.67. The van der Waals surface area contributed by atoms with Crippen LogP contribution in [0.15, 0.2) is 70.3 Å². The van der Waals surface area contributed by atoms with Crippen LogP contribution in [0.2, 0.25) is 0 Å². The van der Waals surface area contributed by atoms with Crippen LogP contribution in [0.25, 0.3) is 0 Å². The number of benzene rings is 2. The van der Waals surface area contributed by atoms with Gasteiger partial charge in [-0.3, -0.25) is 18.8 Å². The maximum absolute atomic E-state index is 13.5. The van der Waals surface area contributed by atoms with Crippen LogP contribution in [0.3, 0.4) is 0 Å². The molecule has 0 unspecified atom stereocenters. The molecule has 160 valence electrons. The van der Waals surface area contributed by atoms with Gasteiger partial charge in [0.25, 0.3) is 5.56 Å². The van der Waals surface area contributed by atoms with Gasteiger partial charge in [0.05, 0.1) is 12.1 Å². The van der Waals surface area contributed by atoms with Gasteiger partial charge < -0.3 is 0 Å². The van der Waals surface area contributed by atoms with Crippen LogP contribution in [0.4, 0.5) is 0 Å². The SMILES string of the molecule is O=c1c2c(n(C3CCCC3)c(=O)n1Cc1ccccc1)CCN(Cc1ccccc1)C2. The Morgan fingerprint density at radius 2 is 1.42 bits per heavy atom. The lowest BCUT2D eigenvalue weighted by atomic mass is 10.0. The lowest BCUT2D eigenvalue weighted by Gasteiger charge is -2.32. The molecule has 0 saturated heterocycles. The molecule has 1 aliphatic heterocycles. The Balaban J connectivity index is 1.56. The molecule has 5 nitrogen and oxygen atoms in total. The van der Waals surface area contributed by atoms with Gasteiger partial charge in [0.15, 0.2) is 0 Å². The molecule has 0 amide bonds. The molecule has 0 radical (unpaired) electrons. The molecular weight excluding hydrogens is 386 g/mol. The minimum atomic E-state index is -0.129. The topological polar surface area (TPSA) is 47.2 Å². The molecule has 1 saturated carbocycles. The summed E-state index contributed by atoms with van der Waals surface area (Å²) < 4.78 is 3.46. The van der Waals surface area contributed by atoms with Gasteiger partial charge in [0.1, 0.15) is 0 Å². The van der Waals surface area contributed by atoms with Gasteiger partial charge in [0, 0.05) is 37.8 Å². The summed E-state index contributed by atoms with van der Waals surface area (Å²) in [7, 11) is 0. The van der Waals surface area contributed by atoms with E-state index in [1.54, 1.807) is 0 Å². The van der Waals surface area contributed by atoms with E-state index in [4.69, 9.17) is 0 Å². The second-order valence-corrected chi connectivity index (χ2v) is 8.84. The highest BCUT2D eigenvalue weighted by Crippen LogP contribution is 2.31. The van der Waals surface area contributed by atoms with E-state index >= 15 is 0 Å². The second-order valence-electron chi connectivity index (χ2n) is 8.84. The van der Waals surface area contributed by atoms with Gasteiger partial charge in [0.2, 0.25) is 0 Å². The van der Waals surface area contributed by atoms with Gasteiger partial charge >= 0.3 is 5.69 Å². The molecule has 1 aliphatic carbocycles. The van der Waals surface area contributed by atoms with Crippen molar-refractivity contribution in [2.75, 3.05) is 6.54 Å². The third-order valence-electron chi connectivity index (χ3n) is 6.75. The summed E-state index contributed by atoms with van der Waals surface area (Å²) in [5, 5.41) is 0. The van der Waals surface area contributed by atoms with Crippen molar-refractivity contribution >= 4 is 0 Å². The van der Waals surface area contributed by atoms with E-state index < -0.39 is 0 Å². The quantitative estimate of drug-likeness (QED) is 0.638. The number of fused-ring (bicyclic) bond motifs is 1. The van der Waals surface area contributed by atoms with Crippen LogP contribution in [-0.4, -0.2) is 20.6 Å². The third-order valence-corrected chi connectivity index (χ3v) is 6.75. The first-order valence-electron chi connectivity index (χ1n) is 11.4. The smallest absolute Gasteiger partial charge is 0.294 e. The molecule has 1 fully saturated rings. The minimum absolute atomic E-state index is 0.115. The average Bonchev–Trinajstić information content (AvgIpc) is 3.33. The highest BCUT2D eigenvalue weighted by Gasteiger charge is 2.29. The van der Waals surface area contributed by atoms with Crippen molar-refractivity contribution in [3.63, 3.8) is 0 Å². The largest absolute Gasteiger partial charge is 0.331 e. The zero-order valence-corrected chi connectivity index (χ0v) is 17.9. The zero-order valence-electron chi connectivity index (χ0n) is 17.9. The van der Waals surface area contributed by atoms with Crippen molar-refractivity contribution in [2.45, 2.75) is 57.8 Å². The van der Waals surface area contributed by atoms with E-state index in [0.29, 0.717) is 13.1 Å². The summed E-state index contributed by atoms with van der Waals surface area (Å²) in [6.07, 6.45) is 5.14. The summed E-state index contributed by atoms with van der Waals surface area (Å²) in [5.74, 6) is 0. The molecule has 0 bridgehead atoms. The Morgan fingerprint density at radius 1 is 0.806 bits per heavy atom. The highest BCUT2D eigenvalue weighted by molar-refractivity contribution is 5.25. The van der Waals surface area contributed by atoms with Gasteiger partial charge in [-0.25, -0.2) is 4.79 Å². The summed E-state index contributed by atoms with van der Waals surface area (Å²) in [6, 6.07) is 20.4. The molecule has 5 heteroatoms. The summed E-state index contributed by atoms with van der Waals surface area (Å²) in [6.45, 7) is 2.62. The van der Waals surface area contributed by atoms with Crippen LogP contribution in [0, 0.1) is 0 Å². The van der Waals surface area contributed by atoms with Crippen LogP contribution in [-0.2, 0) is 26.1 Å². The Kier molecular flexibility index (Phi) is 5.60. The van der Waals surface area contributed by atoms with E-state index in [2.05, 4.69) is 29.2 Å². The minimum Gasteiger partial charge on any atom is -0.294 e. The number of aromatic nitrogens is 2. The van der Waals surface area contributed by atoms with Crippen molar-refractivity contribution < 1.29 is 0 Å². The Labute approximate surface area is 182 Å². The molecule has 1 aromatic heterocycles. The Hall–Kier alpha value is -2.92. The number of rotatable bonds is 5. The normalized spacial score (nSPS) is 17.0. The third kappa shape index (κ3) is 4.02. The predicted molar refractivity (Wildman–Crippen MR) is 122 cm³/mol. The molecular formula is C26H29N3O2. The van der Waals surface area contributed by atoms with E-state index in [1.807, 2.05) is 41.0 Å². The van der Waals surface area contributed by atoms with E-state index in [0.717, 1.165) is 62.0 Å². The standard InChI is InChI=1S/C26H29N3O2/c30-25-23-19-27(17-20-9-3-1-4-10-20)16-15-24(23)29(22-13-7-8-14-22)26(31)28(25)18-21-11-5-2-6-12-21/h1-6,9-12,22H,7-8,13-19H2. The van der Waals surface area contributed by atoms with Crippen molar-refractivity contribution in [3.05, 3.63) is 104 Å². The van der Waals surface area contributed by atoms with Gasteiger partial charge in [-0.05, 0) is 24.0 Å². The molecule has 0 atom stereocenters. The number of hydrogen-bond acceptors (Lipinski definition) is 3. The van der Waals surface area contributed by atoms with Crippen molar-refractivity contribution in [3.8, 4) is 0 Å². The van der Waals surface area contributed by atoms with Crippen molar-refractivity contribution in [1.82, 2.24) is 14.0 Å². The molecule has 2 aliphatic rings. The first-order valence-corrected chi connectivity index (χ1v) is 11.4. The maximum atomic E-state index is 13.5. The van der Waals surface area contributed by atoms with Gasteiger partial charge in [-0.15, -0.1) is 0 Å². The first kappa shape index (κ1) is 20.0. The van der Waals surface area contributed by atoms with E-state index in [1.165, 1.54) is 10.1 Å². The molecule has 3 aromatic rings. The Bertz CT molecular complexity index is 1160. The molecule has 0 N–H and O–H groups in total. The molecule has 2 aromatic carbocycles. The van der Waals surface area contributed by atoms with Crippen LogP contribution in [0.1, 0.15) is 54.1 Å². The fraction of sp³-hybridized carbons (Fsp3) is 0.385. The van der Waals surface area contributed by atoms with E-state index in [9.17, 15) is 9.59 Å². The summed E-state index contributed by atoms with van der Waals surface area (Å²) in [5.41, 5.74) is 3.78.